The molecular formula is C14H27N5. The lowest BCUT2D eigenvalue weighted by Gasteiger charge is -2.40. The van der Waals surface area contributed by atoms with Crippen LogP contribution in [0, 0.1) is 5.41 Å². The van der Waals surface area contributed by atoms with Crippen molar-refractivity contribution in [2.24, 2.45) is 11.3 Å². The van der Waals surface area contributed by atoms with Crippen molar-refractivity contribution >= 4 is 0 Å². The molecule has 0 amide bonds. The molecule has 3 N–H and O–H groups in total. The summed E-state index contributed by atoms with van der Waals surface area (Å²) in [6.45, 7) is 6.61. The predicted octanol–water partition coefficient (Wildman–Crippen LogP) is 2.20. The van der Waals surface area contributed by atoms with Gasteiger partial charge in [0, 0.05) is 18.5 Å². The third-order valence-electron chi connectivity index (χ3n) is 4.56. The van der Waals surface area contributed by atoms with Crippen LogP contribution in [-0.2, 0) is 6.42 Å². The average Bonchev–Trinajstić information content (AvgIpc) is 2.85. The first-order valence-electron chi connectivity index (χ1n) is 7.41. The minimum absolute atomic E-state index is 0.273. The summed E-state index contributed by atoms with van der Waals surface area (Å²) in [6.07, 6.45) is 8.97. The van der Waals surface area contributed by atoms with Crippen molar-refractivity contribution in [3.05, 3.63) is 12.2 Å². The molecule has 1 fully saturated rings. The van der Waals surface area contributed by atoms with Crippen molar-refractivity contribution in [1.82, 2.24) is 20.2 Å². The van der Waals surface area contributed by atoms with Gasteiger partial charge in [-0.1, -0.05) is 26.2 Å². The summed E-state index contributed by atoms with van der Waals surface area (Å²) < 4.78 is 2.00. The van der Waals surface area contributed by atoms with Gasteiger partial charge in [0.1, 0.15) is 12.2 Å². The van der Waals surface area contributed by atoms with E-state index >= 15 is 0 Å². The second kappa shape index (κ2) is 6.01. The Morgan fingerprint density at radius 1 is 1.37 bits per heavy atom. The molecule has 1 aliphatic carbocycles. The van der Waals surface area contributed by atoms with Crippen molar-refractivity contribution in [2.45, 2.75) is 71.4 Å². The summed E-state index contributed by atoms with van der Waals surface area (Å²) in [5.41, 5.74) is 3.31. The van der Waals surface area contributed by atoms with Gasteiger partial charge in [-0.2, -0.15) is 5.10 Å². The van der Waals surface area contributed by atoms with Crippen LogP contribution in [-0.4, -0.2) is 20.8 Å². The highest BCUT2D eigenvalue weighted by Gasteiger charge is 2.35. The monoisotopic (exact) mass is 265 g/mol. The lowest BCUT2D eigenvalue weighted by atomic mass is 9.70. The molecule has 0 saturated heterocycles. The number of aromatic nitrogens is 3. The zero-order valence-electron chi connectivity index (χ0n) is 12.4. The molecule has 1 saturated carbocycles. The predicted molar refractivity (Wildman–Crippen MR) is 76.4 cm³/mol. The van der Waals surface area contributed by atoms with Gasteiger partial charge in [0.05, 0.1) is 0 Å². The van der Waals surface area contributed by atoms with Crippen LogP contribution >= 0.6 is 0 Å². The third-order valence-corrected chi connectivity index (χ3v) is 4.56. The highest BCUT2D eigenvalue weighted by molar-refractivity contribution is 4.98. The summed E-state index contributed by atoms with van der Waals surface area (Å²) in [4.78, 5) is 4.41. The number of rotatable bonds is 5. The Morgan fingerprint density at radius 2 is 2.05 bits per heavy atom. The number of nitrogens with one attached hydrogen (secondary N) is 1. The summed E-state index contributed by atoms with van der Waals surface area (Å²) in [5.74, 6) is 6.86. The fourth-order valence-corrected chi connectivity index (χ4v) is 3.25. The maximum Gasteiger partial charge on any atom is 0.138 e. The zero-order chi connectivity index (χ0) is 13.9. The highest BCUT2D eigenvalue weighted by atomic mass is 15.3. The summed E-state index contributed by atoms with van der Waals surface area (Å²) in [6, 6.07) is 0.615. The smallest absolute Gasteiger partial charge is 0.138 e. The number of hydrogen-bond donors (Lipinski definition) is 2. The van der Waals surface area contributed by atoms with E-state index < -0.39 is 0 Å². The first kappa shape index (κ1) is 14.5. The van der Waals surface area contributed by atoms with Crippen LogP contribution in [0.5, 0.6) is 0 Å². The second-order valence-electron chi connectivity index (χ2n) is 6.35. The molecule has 19 heavy (non-hydrogen) atoms. The molecular weight excluding hydrogens is 238 g/mol. The molecule has 5 heteroatoms. The van der Waals surface area contributed by atoms with Crippen LogP contribution < -0.4 is 11.3 Å². The molecule has 1 aromatic rings. The Hall–Kier alpha value is -0.940. The first-order valence-corrected chi connectivity index (χ1v) is 7.41. The van der Waals surface area contributed by atoms with Gasteiger partial charge in [0.15, 0.2) is 0 Å². The van der Waals surface area contributed by atoms with E-state index in [1.165, 1.54) is 32.1 Å². The molecule has 1 aromatic heterocycles. The molecule has 1 heterocycles. The Bertz CT molecular complexity index is 392. The highest BCUT2D eigenvalue weighted by Crippen LogP contribution is 2.39. The van der Waals surface area contributed by atoms with Gasteiger partial charge in [-0.05, 0) is 32.1 Å². The molecule has 0 aromatic carbocycles. The van der Waals surface area contributed by atoms with Crippen molar-refractivity contribution in [2.75, 3.05) is 0 Å². The van der Waals surface area contributed by atoms with E-state index in [1.54, 1.807) is 6.33 Å². The van der Waals surface area contributed by atoms with E-state index in [2.05, 4.69) is 36.3 Å². The summed E-state index contributed by atoms with van der Waals surface area (Å²) in [5, 5.41) is 4.31. The number of nitrogens with zero attached hydrogens (tertiary/aromatic N) is 3. The van der Waals surface area contributed by atoms with Crippen molar-refractivity contribution in [3.63, 3.8) is 0 Å². The van der Waals surface area contributed by atoms with Crippen molar-refractivity contribution in [1.29, 1.82) is 0 Å². The first-order chi connectivity index (χ1) is 9.07. The van der Waals surface area contributed by atoms with Crippen LogP contribution in [0.25, 0.3) is 0 Å². The molecule has 1 unspecified atom stereocenters. The van der Waals surface area contributed by atoms with Crippen LogP contribution in [0.2, 0.25) is 0 Å². The number of hydrogen-bond acceptors (Lipinski definition) is 4. The minimum Gasteiger partial charge on any atom is -0.271 e. The van der Waals surface area contributed by atoms with E-state index in [4.69, 9.17) is 5.84 Å². The topological polar surface area (TPSA) is 68.8 Å². The van der Waals surface area contributed by atoms with E-state index in [9.17, 15) is 0 Å². The minimum atomic E-state index is 0.273. The number of hydrazine groups is 1. The summed E-state index contributed by atoms with van der Waals surface area (Å²) >= 11 is 0. The van der Waals surface area contributed by atoms with Gasteiger partial charge >= 0.3 is 0 Å². The van der Waals surface area contributed by atoms with E-state index in [0.717, 1.165) is 12.2 Å². The Labute approximate surface area is 115 Å². The van der Waals surface area contributed by atoms with Crippen LogP contribution in [0.4, 0.5) is 0 Å². The van der Waals surface area contributed by atoms with Crippen molar-refractivity contribution in [3.8, 4) is 0 Å². The van der Waals surface area contributed by atoms with E-state index in [-0.39, 0.29) is 11.5 Å². The van der Waals surface area contributed by atoms with E-state index in [0.29, 0.717) is 6.04 Å². The molecule has 2 rings (SSSR count). The van der Waals surface area contributed by atoms with Gasteiger partial charge in [0.2, 0.25) is 0 Å². The molecule has 0 radical (unpaired) electrons. The Kier molecular flexibility index (Phi) is 4.58. The molecule has 108 valence electrons. The second-order valence-corrected chi connectivity index (χ2v) is 6.35. The fraction of sp³-hybridized carbons (Fsp3) is 0.857. The molecule has 5 nitrogen and oxygen atoms in total. The molecule has 1 atom stereocenters. The lowest BCUT2D eigenvalue weighted by molar-refractivity contribution is 0.141. The molecule has 0 spiro atoms. The quantitative estimate of drug-likeness (QED) is 0.632. The van der Waals surface area contributed by atoms with Crippen molar-refractivity contribution < 1.29 is 0 Å². The normalized spacial score (nSPS) is 20.7. The maximum absolute atomic E-state index is 5.82. The summed E-state index contributed by atoms with van der Waals surface area (Å²) in [7, 11) is 0. The van der Waals surface area contributed by atoms with Gasteiger partial charge < -0.3 is 0 Å². The van der Waals surface area contributed by atoms with E-state index in [1.807, 2.05) is 4.68 Å². The zero-order valence-corrected chi connectivity index (χ0v) is 12.4. The van der Waals surface area contributed by atoms with Crippen LogP contribution in [0.3, 0.4) is 0 Å². The van der Waals surface area contributed by atoms with Gasteiger partial charge in [0.25, 0.3) is 0 Å². The SMILES string of the molecule is CC(C)n1ncnc1CC(NN)C1(C)CCCCC1. The van der Waals surface area contributed by atoms with Crippen LogP contribution in [0.1, 0.15) is 64.7 Å². The average molecular weight is 265 g/mol. The number of nitrogens with two attached hydrogens (primary N) is 1. The van der Waals surface area contributed by atoms with Gasteiger partial charge in [-0.3, -0.25) is 11.3 Å². The standard InChI is InChI=1S/C14H27N5/c1-11(2)19-13(16-10-17-19)9-12(18-15)14(3)7-5-4-6-8-14/h10-12,18H,4-9,15H2,1-3H3. The largest absolute Gasteiger partial charge is 0.271 e. The molecule has 0 aliphatic heterocycles. The van der Waals surface area contributed by atoms with Gasteiger partial charge in [-0.15, -0.1) is 0 Å². The molecule has 1 aliphatic rings. The Morgan fingerprint density at radius 3 is 2.63 bits per heavy atom. The third kappa shape index (κ3) is 3.15. The van der Waals surface area contributed by atoms with Gasteiger partial charge in [-0.25, -0.2) is 9.67 Å². The van der Waals surface area contributed by atoms with Crippen LogP contribution in [0.15, 0.2) is 6.33 Å². The lowest BCUT2D eigenvalue weighted by Crippen LogP contribution is -2.49. The fourth-order valence-electron chi connectivity index (χ4n) is 3.25. The molecule has 0 bridgehead atoms. The Balaban J connectivity index is 2.12. The maximum atomic E-state index is 5.82.